The van der Waals surface area contributed by atoms with Crippen LogP contribution in [-0.2, 0) is 6.54 Å². The first-order valence-corrected chi connectivity index (χ1v) is 11.4. The molecule has 0 radical (unpaired) electrons. The molecular weight excluding hydrogens is 406 g/mol. The highest BCUT2D eigenvalue weighted by Gasteiger charge is 2.31. The molecule has 6 nitrogen and oxygen atoms in total. The van der Waals surface area contributed by atoms with Gasteiger partial charge in [-0.15, -0.1) is 10.2 Å². The molecule has 2 heterocycles. The number of Topliss-reactive ketones (excluding diaryl/α,β-unsaturated/α-hetero) is 1. The summed E-state index contributed by atoms with van der Waals surface area (Å²) >= 11 is 1.42. The van der Waals surface area contributed by atoms with Crippen LogP contribution in [0.5, 0.6) is 0 Å². The quantitative estimate of drug-likeness (QED) is 0.292. The SMILES string of the molecule is N#CCCn1cc(C(=O)CSc2nnc(C3CC3)n2-c2ccccc2)c2ccccc21. The number of carbonyl (C=O) groups is 1. The van der Waals surface area contributed by atoms with E-state index in [1.54, 1.807) is 0 Å². The van der Waals surface area contributed by atoms with Crippen molar-refractivity contribution < 1.29 is 4.79 Å². The highest BCUT2D eigenvalue weighted by molar-refractivity contribution is 7.99. The molecule has 0 N–H and O–H groups in total. The van der Waals surface area contributed by atoms with Crippen molar-refractivity contribution in [2.75, 3.05) is 5.75 Å². The van der Waals surface area contributed by atoms with Crippen molar-refractivity contribution in [2.45, 2.75) is 36.9 Å². The minimum Gasteiger partial charge on any atom is -0.346 e. The van der Waals surface area contributed by atoms with Crippen molar-refractivity contribution in [3.63, 3.8) is 0 Å². The fourth-order valence-corrected chi connectivity index (χ4v) is 4.67. The van der Waals surface area contributed by atoms with Crippen molar-refractivity contribution in [3.05, 3.63) is 72.2 Å². The van der Waals surface area contributed by atoms with E-state index in [4.69, 9.17) is 5.26 Å². The second kappa shape index (κ2) is 8.40. The van der Waals surface area contributed by atoms with E-state index in [1.807, 2.05) is 65.4 Å². The van der Waals surface area contributed by atoms with E-state index in [1.165, 1.54) is 11.8 Å². The summed E-state index contributed by atoms with van der Waals surface area (Å²) in [6.45, 7) is 0.574. The first kappa shape index (κ1) is 19.6. The Labute approximate surface area is 184 Å². The number of aryl methyl sites for hydroxylation is 1. The Morgan fingerprint density at radius 3 is 2.65 bits per heavy atom. The van der Waals surface area contributed by atoms with Gasteiger partial charge in [-0.2, -0.15) is 5.26 Å². The molecular formula is C24H21N5OS. The molecule has 2 aromatic carbocycles. The maximum atomic E-state index is 13.2. The van der Waals surface area contributed by atoms with E-state index in [-0.39, 0.29) is 11.5 Å². The lowest BCUT2D eigenvalue weighted by Gasteiger charge is -2.09. The minimum atomic E-state index is 0.0486. The van der Waals surface area contributed by atoms with Gasteiger partial charge in [0.15, 0.2) is 10.9 Å². The van der Waals surface area contributed by atoms with Crippen LogP contribution >= 0.6 is 11.8 Å². The molecule has 154 valence electrons. The zero-order valence-corrected chi connectivity index (χ0v) is 17.8. The van der Waals surface area contributed by atoms with E-state index in [2.05, 4.69) is 20.8 Å². The number of nitriles is 1. The Kier molecular flexibility index (Phi) is 5.31. The van der Waals surface area contributed by atoms with Gasteiger partial charge >= 0.3 is 0 Å². The van der Waals surface area contributed by atoms with Gasteiger partial charge in [-0.1, -0.05) is 48.2 Å². The molecule has 5 rings (SSSR count). The van der Waals surface area contributed by atoms with Gasteiger partial charge in [-0.3, -0.25) is 9.36 Å². The fraction of sp³-hybridized carbons (Fsp3) is 0.250. The van der Waals surface area contributed by atoms with Crippen LogP contribution in [-0.4, -0.2) is 30.9 Å². The lowest BCUT2D eigenvalue weighted by Crippen LogP contribution is -2.05. The first-order chi connectivity index (χ1) is 15.3. The van der Waals surface area contributed by atoms with E-state index < -0.39 is 0 Å². The minimum absolute atomic E-state index is 0.0486. The van der Waals surface area contributed by atoms with Gasteiger partial charge in [0.25, 0.3) is 0 Å². The predicted octanol–water partition coefficient (Wildman–Crippen LogP) is 4.99. The molecule has 0 atom stereocenters. The maximum absolute atomic E-state index is 13.2. The summed E-state index contributed by atoms with van der Waals surface area (Å²) in [5.74, 6) is 1.76. The Bertz CT molecular complexity index is 1280. The number of carbonyl (C=O) groups excluding carboxylic acids is 1. The van der Waals surface area contributed by atoms with Crippen LogP contribution in [0.1, 0.15) is 41.4 Å². The first-order valence-electron chi connectivity index (χ1n) is 10.4. The third-order valence-corrected chi connectivity index (χ3v) is 6.43. The molecule has 0 unspecified atom stereocenters. The summed E-state index contributed by atoms with van der Waals surface area (Å²) in [6.07, 6.45) is 4.56. The summed E-state index contributed by atoms with van der Waals surface area (Å²) in [5.41, 5.74) is 2.70. The molecule has 7 heteroatoms. The zero-order valence-electron chi connectivity index (χ0n) is 16.9. The highest BCUT2D eigenvalue weighted by Crippen LogP contribution is 2.41. The van der Waals surface area contributed by atoms with Gasteiger partial charge in [0.1, 0.15) is 5.82 Å². The van der Waals surface area contributed by atoms with Crippen LogP contribution in [0, 0.1) is 11.3 Å². The summed E-state index contributed by atoms with van der Waals surface area (Å²) < 4.78 is 4.08. The van der Waals surface area contributed by atoms with Gasteiger partial charge in [-0.05, 0) is 31.0 Å². The van der Waals surface area contributed by atoms with Gasteiger partial charge in [-0.25, -0.2) is 0 Å². The normalized spacial score (nSPS) is 13.4. The van der Waals surface area contributed by atoms with E-state index >= 15 is 0 Å². The van der Waals surface area contributed by atoms with Crippen molar-refractivity contribution in [2.24, 2.45) is 0 Å². The van der Waals surface area contributed by atoms with Gasteiger partial charge in [0.2, 0.25) is 0 Å². The number of thioether (sulfide) groups is 1. The number of para-hydroxylation sites is 2. The molecule has 0 amide bonds. The molecule has 2 aromatic heterocycles. The number of nitrogens with zero attached hydrogens (tertiary/aromatic N) is 5. The average molecular weight is 428 g/mol. The molecule has 31 heavy (non-hydrogen) atoms. The second-order valence-corrected chi connectivity index (χ2v) is 8.60. The molecule has 0 saturated heterocycles. The lowest BCUT2D eigenvalue weighted by molar-refractivity contribution is 0.102. The topological polar surface area (TPSA) is 76.5 Å². The average Bonchev–Trinajstić information content (AvgIpc) is 3.46. The van der Waals surface area contributed by atoms with Crippen molar-refractivity contribution in [1.82, 2.24) is 19.3 Å². The van der Waals surface area contributed by atoms with Crippen molar-refractivity contribution in [1.29, 1.82) is 5.26 Å². The van der Waals surface area contributed by atoms with Crippen molar-refractivity contribution >= 4 is 28.4 Å². The molecule has 4 aromatic rings. The molecule has 1 saturated carbocycles. The Morgan fingerprint density at radius 2 is 1.87 bits per heavy atom. The van der Waals surface area contributed by atoms with Gasteiger partial charge in [0.05, 0.1) is 18.2 Å². The number of aromatic nitrogens is 4. The van der Waals surface area contributed by atoms with Gasteiger partial charge in [0, 0.05) is 40.8 Å². The largest absolute Gasteiger partial charge is 0.346 e. The summed E-state index contributed by atoms with van der Waals surface area (Å²) in [4.78, 5) is 13.2. The number of benzene rings is 2. The molecule has 0 spiro atoms. The van der Waals surface area contributed by atoms with E-state index in [0.29, 0.717) is 24.4 Å². The number of hydrogen-bond donors (Lipinski definition) is 0. The van der Waals surface area contributed by atoms with E-state index in [0.717, 1.165) is 40.4 Å². The van der Waals surface area contributed by atoms with Crippen LogP contribution in [0.15, 0.2) is 66.0 Å². The third kappa shape index (κ3) is 3.87. The molecule has 0 bridgehead atoms. The Hall–Kier alpha value is -3.37. The maximum Gasteiger partial charge on any atom is 0.196 e. The van der Waals surface area contributed by atoms with Crippen LogP contribution in [0.25, 0.3) is 16.6 Å². The van der Waals surface area contributed by atoms with Gasteiger partial charge < -0.3 is 4.57 Å². The number of fused-ring (bicyclic) bond motifs is 1. The van der Waals surface area contributed by atoms with E-state index in [9.17, 15) is 4.79 Å². The Morgan fingerprint density at radius 1 is 1.10 bits per heavy atom. The lowest BCUT2D eigenvalue weighted by atomic mass is 10.1. The molecule has 1 aliphatic rings. The summed E-state index contributed by atoms with van der Waals surface area (Å²) in [7, 11) is 0. The molecule has 1 aliphatic carbocycles. The highest BCUT2D eigenvalue weighted by atomic mass is 32.2. The smallest absolute Gasteiger partial charge is 0.196 e. The predicted molar refractivity (Wildman–Crippen MR) is 121 cm³/mol. The number of ketones is 1. The fourth-order valence-electron chi connectivity index (χ4n) is 3.83. The van der Waals surface area contributed by atoms with Crippen LogP contribution in [0.4, 0.5) is 0 Å². The van der Waals surface area contributed by atoms with Crippen LogP contribution in [0.3, 0.4) is 0 Å². The van der Waals surface area contributed by atoms with Crippen LogP contribution in [0.2, 0.25) is 0 Å². The second-order valence-electron chi connectivity index (χ2n) is 7.66. The third-order valence-electron chi connectivity index (χ3n) is 5.50. The monoisotopic (exact) mass is 427 g/mol. The summed E-state index contributed by atoms with van der Waals surface area (Å²) in [6, 6.07) is 20.1. The zero-order chi connectivity index (χ0) is 21.2. The number of hydrogen-bond acceptors (Lipinski definition) is 5. The summed E-state index contributed by atoms with van der Waals surface area (Å²) in [5, 5.41) is 19.5. The molecule has 1 fully saturated rings. The number of rotatable bonds is 8. The standard InChI is InChI=1S/C24H21N5OS/c25-13-6-14-28-15-20(19-9-4-5-10-21(19)28)22(30)16-31-24-27-26-23(17-11-12-17)29(24)18-7-2-1-3-8-18/h1-5,7-10,15,17H,6,11-12,14,16H2. The molecule has 0 aliphatic heterocycles. The Balaban J connectivity index is 1.41. The van der Waals surface area contributed by atoms with Crippen molar-refractivity contribution in [3.8, 4) is 11.8 Å². The van der Waals surface area contributed by atoms with Crippen LogP contribution < -0.4 is 0 Å².